The van der Waals surface area contributed by atoms with Gasteiger partial charge in [0.1, 0.15) is 24.9 Å². The number of aliphatic hydroxyl groups excluding tert-OH is 1. The third kappa shape index (κ3) is 35.9. The molecule has 2 rings (SSSR count). The van der Waals surface area contributed by atoms with E-state index >= 15 is 0 Å². The lowest BCUT2D eigenvalue weighted by molar-refractivity contribution is 0.00991. The summed E-state index contributed by atoms with van der Waals surface area (Å²) in [6.45, 7) is 28.1. The van der Waals surface area contributed by atoms with Crippen LogP contribution >= 0.6 is 0 Å². The van der Waals surface area contributed by atoms with Gasteiger partial charge in [0.25, 0.3) is 11.7 Å². The van der Waals surface area contributed by atoms with Gasteiger partial charge in [-0.1, -0.05) is 255 Å². The van der Waals surface area contributed by atoms with Gasteiger partial charge in [0, 0.05) is 24.4 Å². The van der Waals surface area contributed by atoms with Gasteiger partial charge in [-0.25, -0.2) is 0 Å². The van der Waals surface area contributed by atoms with Gasteiger partial charge in [0.05, 0.1) is 19.8 Å². The van der Waals surface area contributed by atoms with E-state index in [1.54, 1.807) is 18.2 Å². The van der Waals surface area contributed by atoms with E-state index < -0.39 is 14.4 Å². The molecule has 0 fully saturated rings. The van der Waals surface area contributed by atoms with Gasteiger partial charge in [0.15, 0.2) is 5.69 Å². The second-order valence-electron chi connectivity index (χ2n) is 21.8. The number of aromatic nitrogens is 4. The van der Waals surface area contributed by atoms with Crippen molar-refractivity contribution in [3.8, 4) is 17.8 Å². The molecule has 0 saturated carbocycles. The van der Waals surface area contributed by atoms with Crippen molar-refractivity contribution in [1.82, 2.24) is 20.4 Å². The van der Waals surface area contributed by atoms with Crippen LogP contribution in [0.2, 0.25) is 16.6 Å². The Morgan fingerprint density at radius 2 is 0.892 bits per heavy atom. The number of nitrogens with zero attached hydrogens (tertiary/aromatic N) is 6. The molecule has 13 heteroatoms. The summed E-state index contributed by atoms with van der Waals surface area (Å²) in [6.07, 6.45) is 42.6. The zero-order valence-corrected chi connectivity index (χ0v) is 49.7. The molecule has 12 nitrogen and oxygen atoms in total. The Labute approximate surface area is 455 Å². The summed E-state index contributed by atoms with van der Waals surface area (Å²) in [5, 5.41) is 34.0. The molecule has 0 aliphatic rings. The second-order valence-corrected chi connectivity index (χ2v) is 27.3. The maximum atomic E-state index is 9.90. The van der Waals surface area contributed by atoms with Gasteiger partial charge in [-0.3, -0.25) is 0 Å². The Morgan fingerprint density at radius 3 is 1.24 bits per heavy atom. The summed E-state index contributed by atoms with van der Waals surface area (Å²) in [4.78, 5) is 3.32. The van der Waals surface area contributed by atoms with E-state index in [-0.39, 0.29) is 30.8 Å². The van der Waals surface area contributed by atoms with Crippen LogP contribution in [0.5, 0.6) is 11.8 Å². The highest BCUT2D eigenvalue weighted by molar-refractivity contribution is 6.77. The number of rotatable bonds is 49. The van der Waals surface area contributed by atoms with Gasteiger partial charge in [-0.15, -0.1) is 10.2 Å². The largest absolute Gasteiger partial charge is 0.474 e. The number of aliphatic hydroxyl groups is 1. The smallest absolute Gasteiger partial charge is 0.296 e. The number of unbranched alkanes of at least 4 members (excludes halogenated alkanes) is 30. The van der Waals surface area contributed by atoms with E-state index in [0.717, 1.165) is 19.4 Å². The van der Waals surface area contributed by atoms with Gasteiger partial charge < -0.3 is 33.3 Å². The molecule has 74 heavy (non-hydrogen) atoms. The molecule has 1 N–H and O–H groups in total. The van der Waals surface area contributed by atoms with E-state index in [0.29, 0.717) is 48.2 Å². The van der Waals surface area contributed by atoms with E-state index in [9.17, 15) is 5.11 Å². The molecular weight excluding hydrogens is 941 g/mol. The van der Waals surface area contributed by atoms with E-state index in [4.69, 9.17) is 35.2 Å². The molecule has 0 aliphatic heterocycles. The van der Waals surface area contributed by atoms with Gasteiger partial charge in [0.2, 0.25) is 14.2 Å². The van der Waals surface area contributed by atoms with Crippen molar-refractivity contribution < 1.29 is 28.5 Å². The first-order valence-corrected chi connectivity index (χ1v) is 32.4. The van der Waals surface area contributed by atoms with Crippen LogP contribution in [0.15, 0.2) is 24.3 Å². The minimum atomic E-state index is -2.03. The first-order valence-electron chi connectivity index (χ1n) is 30.3. The molecule has 2 aromatic rings. The lowest BCUT2D eigenvalue weighted by Gasteiger charge is -2.42. The Hall–Kier alpha value is -3.20. The lowest BCUT2D eigenvalue weighted by atomic mass is 10.0. The summed E-state index contributed by atoms with van der Waals surface area (Å²) in [7, 11) is -2.03. The summed E-state index contributed by atoms with van der Waals surface area (Å²) in [5.41, 5.74) is 1.74. The van der Waals surface area contributed by atoms with Gasteiger partial charge >= 0.3 is 0 Å². The van der Waals surface area contributed by atoms with Crippen molar-refractivity contribution in [2.45, 2.75) is 290 Å². The predicted molar refractivity (Wildman–Crippen MR) is 309 cm³/mol. The third-order valence-electron chi connectivity index (χ3n) is 14.3. The van der Waals surface area contributed by atoms with Crippen molar-refractivity contribution in [3.63, 3.8) is 0 Å². The molecule has 0 aliphatic carbocycles. The summed E-state index contributed by atoms with van der Waals surface area (Å²) in [5.74, 6) is 0.967. The Balaban J connectivity index is 0.000000768. The molecule has 0 aromatic carbocycles. The fraction of sp³-hybridized carbons (Fsp3) is 0.836. The van der Waals surface area contributed by atoms with Gasteiger partial charge in [-0.2, -0.15) is 5.26 Å². The molecule has 0 spiro atoms. The molecule has 2 heterocycles. The van der Waals surface area contributed by atoms with Crippen LogP contribution in [-0.4, -0.2) is 85.7 Å². The van der Waals surface area contributed by atoms with Crippen LogP contribution in [0, 0.1) is 17.9 Å². The molecule has 0 radical (unpaired) electrons. The monoisotopic (exact) mass is 1050 g/mol. The lowest BCUT2D eigenvalue weighted by Crippen LogP contribution is -2.50. The summed E-state index contributed by atoms with van der Waals surface area (Å²) < 4.78 is 30.0. The Morgan fingerprint density at radius 1 is 0.500 bits per heavy atom. The molecule has 0 unspecified atom stereocenters. The summed E-state index contributed by atoms with van der Waals surface area (Å²) in [6, 6.07) is 8.34. The SMILES string of the molecule is CCCCCCCCCCCCCCCCCCOC[C@@H](O)COc1ccc(C#N)nn1.[C-]#[N+]c1ccc(O[C@H](COCCCCCCCCCCCCCCCCCC)CO[Si](C(C)C)(C(C)C)C(C)C)nn1. The molecule has 2 atom stereocenters. The zero-order chi connectivity index (χ0) is 54.2. The fourth-order valence-corrected chi connectivity index (χ4v) is 15.6. The van der Waals surface area contributed by atoms with Crippen LogP contribution in [-0.2, 0) is 13.9 Å². The average molecular weight is 1050 g/mol. The molecule has 0 bridgehead atoms. The van der Waals surface area contributed by atoms with Crippen molar-refractivity contribution in [2.24, 2.45) is 0 Å². The first-order chi connectivity index (χ1) is 36.0. The highest BCUT2D eigenvalue weighted by Crippen LogP contribution is 2.42. The molecule has 0 saturated heterocycles. The maximum Gasteiger partial charge on any atom is 0.296 e. The van der Waals surface area contributed by atoms with Crippen molar-refractivity contribution in [1.29, 1.82) is 5.26 Å². The third-order valence-corrected chi connectivity index (χ3v) is 20.4. The number of hydrogen-bond donors (Lipinski definition) is 1. The average Bonchev–Trinajstić information content (AvgIpc) is 3.39. The van der Waals surface area contributed by atoms with Crippen LogP contribution in [0.4, 0.5) is 5.82 Å². The van der Waals surface area contributed by atoms with Crippen LogP contribution in [0.3, 0.4) is 0 Å². The number of ether oxygens (including phenoxy) is 4. The van der Waals surface area contributed by atoms with E-state index in [2.05, 4.69) is 80.6 Å². The minimum Gasteiger partial charge on any atom is -0.474 e. The standard InChI is InChI=1S/C35H65N3O3Si.C26H45N3O3/c1-9-10-11-12-13-14-15-16-17-18-19-20-21-22-23-24-27-39-28-33(41-35-26-25-34(36-8)37-38-35)29-40-42(30(2)3,31(4)5)32(6)7;1-2-3-4-5-6-7-8-9-10-11-12-13-14-15-16-17-20-31-22-25(30)23-32-26-19-18-24(21-27)28-29-26/h25-26,30-33H,9-24,27-29H2,1-7H3;18-19,25,30H,2-17,20,22-23H2,1H3/t33-;25-/m11/s1. The highest BCUT2D eigenvalue weighted by Gasteiger charge is 2.45. The maximum absolute atomic E-state index is 9.90. The second kappa shape index (κ2) is 48.2. The fourth-order valence-electron chi connectivity index (χ4n) is 10.1. The van der Waals surface area contributed by atoms with Crippen LogP contribution in [0.25, 0.3) is 4.85 Å². The van der Waals surface area contributed by atoms with Crippen LogP contribution in [0.1, 0.15) is 267 Å². The summed E-state index contributed by atoms with van der Waals surface area (Å²) >= 11 is 0. The zero-order valence-electron chi connectivity index (χ0n) is 48.7. The number of hydrogen-bond acceptors (Lipinski definition) is 11. The number of nitriles is 1. The first kappa shape index (κ1) is 68.8. The Kier molecular flexibility index (Phi) is 44.8. The minimum absolute atomic E-state index is 0.0968. The molecule has 424 valence electrons. The van der Waals surface area contributed by atoms with E-state index in [1.807, 2.05) is 6.07 Å². The van der Waals surface area contributed by atoms with Crippen molar-refractivity contribution in [2.75, 3.05) is 39.6 Å². The van der Waals surface area contributed by atoms with Crippen molar-refractivity contribution in [3.05, 3.63) is 41.4 Å². The van der Waals surface area contributed by atoms with Crippen molar-refractivity contribution >= 4 is 14.1 Å². The normalized spacial score (nSPS) is 12.4. The Bertz CT molecular complexity index is 1600. The van der Waals surface area contributed by atoms with E-state index in [1.165, 1.54) is 199 Å². The van der Waals surface area contributed by atoms with Crippen LogP contribution < -0.4 is 9.47 Å². The molecular formula is C61H110N6O6Si. The molecule has 2 aromatic heterocycles. The topological polar surface area (TPSA) is 146 Å². The van der Waals surface area contributed by atoms with Gasteiger partial charge in [-0.05, 0) is 52.8 Å². The highest BCUT2D eigenvalue weighted by atomic mass is 28.4. The molecule has 0 amide bonds. The quantitative estimate of drug-likeness (QED) is 0.0384. The predicted octanol–water partition coefficient (Wildman–Crippen LogP) is 17.6.